The zero-order valence-corrected chi connectivity index (χ0v) is 4.96. The van der Waals surface area contributed by atoms with Crippen molar-refractivity contribution in [3.63, 3.8) is 0 Å². The van der Waals surface area contributed by atoms with Gasteiger partial charge in [0, 0.05) is 0 Å². The molecule has 0 unspecified atom stereocenters. The van der Waals surface area contributed by atoms with Crippen molar-refractivity contribution in [3.8, 4) is 0 Å². The number of fused-ring (bicyclic) bond motifs is 2. The van der Waals surface area contributed by atoms with Gasteiger partial charge in [0.25, 0.3) is 0 Å². The minimum atomic E-state index is -0.0706. The Morgan fingerprint density at radius 1 is 1.50 bits per heavy atom. The molecule has 3 rings (SSSR count). The average molecular weight is 137 g/mol. The number of morpholine rings is 1. The number of ether oxygens (including phenoxy) is 2. The first-order chi connectivity index (χ1) is 4.88. The fourth-order valence-electron chi connectivity index (χ4n) is 1.18. The first kappa shape index (κ1) is 4.38. The molecular formula is C6H3NO3. The highest BCUT2D eigenvalue weighted by molar-refractivity contribution is 6.02. The van der Waals surface area contributed by atoms with Crippen molar-refractivity contribution in [3.05, 3.63) is 23.5 Å². The van der Waals surface area contributed by atoms with Crippen LogP contribution in [0.4, 0.5) is 0 Å². The number of rotatable bonds is 0. The summed E-state index contributed by atoms with van der Waals surface area (Å²) in [6.07, 6.45) is 1.55. The molecule has 3 heterocycles. The third-order valence-corrected chi connectivity index (χ3v) is 1.73. The van der Waals surface area contributed by atoms with Crippen molar-refractivity contribution >= 4 is 5.91 Å². The molecule has 0 aliphatic carbocycles. The molecule has 0 spiro atoms. The van der Waals surface area contributed by atoms with Gasteiger partial charge in [0.05, 0.1) is 0 Å². The molecule has 3 aliphatic heterocycles. The number of carbonyl (C=O) groups is 1. The number of hydrogen-bond donors (Lipinski definition) is 0. The molecule has 0 aromatic rings. The number of nitrogens with zero attached hydrogens (tertiary/aromatic N) is 1. The Morgan fingerprint density at radius 2 is 2.40 bits per heavy atom. The van der Waals surface area contributed by atoms with Crippen LogP contribution in [0.15, 0.2) is 23.5 Å². The van der Waals surface area contributed by atoms with Gasteiger partial charge < -0.3 is 9.47 Å². The molecule has 0 fully saturated rings. The highest BCUT2D eigenvalue weighted by Gasteiger charge is 2.50. The van der Waals surface area contributed by atoms with Gasteiger partial charge in [-0.3, -0.25) is 9.69 Å². The molecule has 0 N–H and O–H groups in total. The Labute approximate surface area is 56.3 Å². The maximum atomic E-state index is 11.1. The van der Waals surface area contributed by atoms with Crippen molar-refractivity contribution in [2.75, 3.05) is 6.73 Å². The second-order valence-corrected chi connectivity index (χ2v) is 2.29. The molecular weight excluding hydrogens is 134 g/mol. The van der Waals surface area contributed by atoms with Crippen LogP contribution in [-0.4, -0.2) is 17.5 Å². The van der Waals surface area contributed by atoms with Gasteiger partial charge in [-0.05, 0) is 0 Å². The van der Waals surface area contributed by atoms with E-state index in [1.165, 1.54) is 0 Å². The van der Waals surface area contributed by atoms with E-state index in [2.05, 4.69) is 0 Å². The third-order valence-electron chi connectivity index (χ3n) is 1.73. The second-order valence-electron chi connectivity index (χ2n) is 2.29. The van der Waals surface area contributed by atoms with Gasteiger partial charge in [-0.25, -0.2) is 0 Å². The monoisotopic (exact) mass is 137 g/mol. The zero-order chi connectivity index (χ0) is 6.72. The van der Waals surface area contributed by atoms with E-state index in [9.17, 15) is 4.79 Å². The van der Waals surface area contributed by atoms with Gasteiger partial charge in [-0.15, -0.1) is 0 Å². The van der Waals surface area contributed by atoms with Crippen LogP contribution in [0.25, 0.3) is 0 Å². The summed E-state index contributed by atoms with van der Waals surface area (Å²) >= 11 is 0. The minimum Gasteiger partial charge on any atom is -0.478 e. The number of hydrogen-bond acceptors (Lipinski definition) is 3. The van der Waals surface area contributed by atoms with E-state index >= 15 is 0 Å². The van der Waals surface area contributed by atoms with Crippen LogP contribution in [0.5, 0.6) is 0 Å². The molecule has 4 heteroatoms. The lowest BCUT2D eigenvalue weighted by molar-refractivity contribution is -0.128. The maximum Gasteiger partial charge on any atom is 0.301 e. The van der Waals surface area contributed by atoms with E-state index in [4.69, 9.17) is 9.47 Å². The summed E-state index contributed by atoms with van der Waals surface area (Å²) in [7, 11) is 0. The molecule has 3 aliphatic rings. The van der Waals surface area contributed by atoms with Crippen LogP contribution in [0.2, 0.25) is 0 Å². The molecule has 0 bridgehead atoms. The molecule has 0 aromatic carbocycles. The van der Waals surface area contributed by atoms with Crippen molar-refractivity contribution in [2.24, 2.45) is 0 Å². The van der Waals surface area contributed by atoms with Gasteiger partial charge in [-0.2, -0.15) is 0 Å². The molecule has 0 aromatic heterocycles. The van der Waals surface area contributed by atoms with Crippen LogP contribution in [-0.2, 0) is 14.3 Å². The Hall–Kier alpha value is -1.45. The van der Waals surface area contributed by atoms with Gasteiger partial charge in [0.1, 0.15) is 12.0 Å². The van der Waals surface area contributed by atoms with Crippen molar-refractivity contribution in [2.45, 2.75) is 0 Å². The minimum absolute atomic E-state index is 0.0706. The quantitative estimate of drug-likeness (QED) is 0.468. The SMILES string of the molecule is O=C1C2=C(O2)C2=COCN12. The van der Waals surface area contributed by atoms with E-state index in [1.54, 1.807) is 11.2 Å². The van der Waals surface area contributed by atoms with E-state index in [1.807, 2.05) is 0 Å². The van der Waals surface area contributed by atoms with E-state index in [0.717, 1.165) is 5.70 Å². The Kier molecular flexibility index (Phi) is 0.461. The molecule has 0 saturated heterocycles. The van der Waals surface area contributed by atoms with Crippen LogP contribution in [0, 0.1) is 0 Å². The third kappa shape index (κ3) is 0.286. The summed E-state index contributed by atoms with van der Waals surface area (Å²) in [6.45, 7) is 0.338. The lowest BCUT2D eigenvalue weighted by Gasteiger charge is -2.10. The molecule has 4 nitrogen and oxygen atoms in total. The Morgan fingerprint density at radius 3 is 3.20 bits per heavy atom. The molecule has 1 amide bonds. The van der Waals surface area contributed by atoms with Crippen LogP contribution in [0.3, 0.4) is 0 Å². The Bertz CT molecular complexity index is 302. The molecule has 10 heavy (non-hydrogen) atoms. The summed E-state index contributed by atoms with van der Waals surface area (Å²) in [5, 5.41) is 0. The summed E-state index contributed by atoms with van der Waals surface area (Å²) in [5.41, 5.74) is 0.778. The summed E-state index contributed by atoms with van der Waals surface area (Å²) in [5.74, 6) is 1.12. The van der Waals surface area contributed by atoms with Crippen molar-refractivity contribution < 1.29 is 14.3 Å². The fraction of sp³-hybridized carbons (Fsp3) is 0.167. The highest BCUT2D eigenvalue weighted by Crippen LogP contribution is 2.44. The van der Waals surface area contributed by atoms with Gasteiger partial charge >= 0.3 is 5.91 Å². The lowest BCUT2D eigenvalue weighted by atomic mass is 10.5. The van der Waals surface area contributed by atoms with E-state index < -0.39 is 0 Å². The van der Waals surface area contributed by atoms with Crippen LogP contribution < -0.4 is 0 Å². The highest BCUT2D eigenvalue weighted by atomic mass is 16.6. The van der Waals surface area contributed by atoms with Gasteiger partial charge in [0.2, 0.25) is 11.5 Å². The molecule has 0 radical (unpaired) electrons. The molecule has 0 saturated carbocycles. The number of amides is 1. The van der Waals surface area contributed by atoms with Crippen LogP contribution in [0.1, 0.15) is 0 Å². The summed E-state index contributed by atoms with van der Waals surface area (Å²) < 4.78 is 9.78. The second kappa shape index (κ2) is 1.05. The first-order valence-electron chi connectivity index (χ1n) is 2.94. The van der Waals surface area contributed by atoms with E-state index in [0.29, 0.717) is 18.2 Å². The molecule has 50 valence electrons. The standard InChI is InChI=1S/C6H3NO3/c8-6-5-4(10-5)3-1-9-2-7(3)6/h1H,2H2. The Balaban J connectivity index is 2.18. The zero-order valence-electron chi connectivity index (χ0n) is 4.96. The maximum absolute atomic E-state index is 11.1. The van der Waals surface area contributed by atoms with Crippen molar-refractivity contribution in [1.29, 1.82) is 0 Å². The van der Waals surface area contributed by atoms with Crippen LogP contribution >= 0.6 is 0 Å². The normalized spacial score (nSPS) is 25.4. The lowest BCUT2D eigenvalue weighted by Crippen LogP contribution is -2.25. The smallest absolute Gasteiger partial charge is 0.301 e. The average Bonchev–Trinajstić information content (AvgIpc) is 2.48. The van der Waals surface area contributed by atoms with Crippen molar-refractivity contribution in [1.82, 2.24) is 4.90 Å². The fourth-order valence-corrected chi connectivity index (χ4v) is 1.18. The number of carbonyl (C=O) groups excluding carboxylic acids is 1. The summed E-state index contributed by atoms with van der Waals surface area (Å²) in [4.78, 5) is 12.6. The predicted molar refractivity (Wildman–Crippen MR) is 29.0 cm³/mol. The molecule has 0 atom stereocenters. The van der Waals surface area contributed by atoms with Gasteiger partial charge in [0.15, 0.2) is 6.73 Å². The largest absolute Gasteiger partial charge is 0.478 e. The summed E-state index contributed by atoms with van der Waals surface area (Å²) in [6, 6.07) is 0. The topological polar surface area (TPSA) is 42.1 Å². The first-order valence-corrected chi connectivity index (χ1v) is 2.94. The van der Waals surface area contributed by atoms with E-state index in [-0.39, 0.29) is 5.91 Å². The predicted octanol–water partition coefficient (Wildman–Crippen LogP) is -0.101. The van der Waals surface area contributed by atoms with Gasteiger partial charge in [-0.1, -0.05) is 0 Å².